The molecule has 1 aliphatic heterocycles. The summed E-state index contributed by atoms with van der Waals surface area (Å²) >= 11 is 0. The third-order valence-corrected chi connectivity index (χ3v) is 8.26. The van der Waals surface area contributed by atoms with E-state index < -0.39 is 5.60 Å². The normalized spacial score (nSPS) is 30.8. The summed E-state index contributed by atoms with van der Waals surface area (Å²) in [5, 5.41) is 6.55. The first kappa shape index (κ1) is 21.6. The number of carbonyl (C=O) groups is 2. The van der Waals surface area contributed by atoms with Gasteiger partial charge in [0, 0.05) is 31.2 Å². The summed E-state index contributed by atoms with van der Waals surface area (Å²) in [7, 11) is 0. The standard InChI is InChI=1S/C27H32N4O3/c32-24(31-16-21-5-1-2-6-22(21)17-31)15-30-26-10-19-9-20(11-26)13-27(12-19,18-26)34-25(33)29-14-23-7-3-4-8-28-23/h1-8,19-20,30H,9-18H2,(H,29,33). The van der Waals surface area contributed by atoms with E-state index in [4.69, 9.17) is 4.74 Å². The van der Waals surface area contributed by atoms with Gasteiger partial charge in [-0.1, -0.05) is 30.3 Å². The number of hydrogen-bond donors (Lipinski definition) is 2. The number of alkyl carbamates (subject to hydrolysis) is 1. The minimum Gasteiger partial charge on any atom is -0.443 e. The van der Waals surface area contributed by atoms with E-state index in [0.717, 1.165) is 37.8 Å². The van der Waals surface area contributed by atoms with Crippen LogP contribution in [0.2, 0.25) is 0 Å². The zero-order valence-corrected chi connectivity index (χ0v) is 19.5. The molecule has 7 nitrogen and oxygen atoms in total. The van der Waals surface area contributed by atoms with Crippen LogP contribution in [-0.2, 0) is 29.2 Å². The highest BCUT2D eigenvalue weighted by Crippen LogP contribution is 2.58. The summed E-state index contributed by atoms with van der Waals surface area (Å²) in [5.41, 5.74) is 2.75. The molecule has 2 N–H and O–H groups in total. The van der Waals surface area contributed by atoms with Crippen molar-refractivity contribution in [3.05, 3.63) is 65.5 Å². The second kappa shape index (κ2) is 8.38. The van der Waals surface area contributed by atoms with Crippen LogP contribution in [-0.4, -0.2) is 39.6 Å². The first-order valence-electron chi connectivity index (χ1n) is 12.5. The molecule has 0 radical (unpaired) electrons. The van der Waals surface area contributed by atoms with Crippen LogP contribution in [0.25, 0.3) is 0 Å². The van der Waals surface area contributed by atoms with Crippen molar-refractivity contribution in [1.82, 2.24) is 20.5 Å². The third kappa shape index (κ3) is 4.17. The van der Waals surface area contributed by atoms with Gasteiger partial charge in [0.25, 0.3) is 0 Å². The minimum atomic E-state index is -0.432. The highest BCUT2D eigenvalue weighted by Gasteiger charge is 2.59. The maximum atomic E-state index is 13.0. The first-order chi connectivity index (χ1) is 16.5. The zero-order valence-electron chi connectivity index (χ0n) is 19.5. The Bertz CT molecular complexity index is 1050. The van der Waals surface area contributed by atoms with Gasteiger partial charge in [0.2, 0.25) is 5.91 Å². The molecule has 2 atom stereocenters. The van der Waals surface area contributed by atoms with Crippen LogP contribution in [0, 0.1) is 11.8 Å². The fraction of sp³-hybridized carbons (Fsp3) is 0.519. The number of carbonyl (C=O) groups excluding carboxylic acids is 2. The van der Waals surface area contributed by atoms with E-state index in [-0.39, 0.29) is 17.5 Å². The molecule has 2 aromatic rings. The maximum absolute atomic E-state index is 13.0. The molecule has 2 unspecified atom stereocenters. The quantitative estimate of drug-likeness (QED) is 0.689. The van der Waals surface area contributed by atoms with Crippen molar-refractivity contribution in [1.29, 1.82) is 0 Å². The van der Waals surface area contributed by atoms with Gasteiger partial charge in [0.15, 0.2) is 0 Å². The first-order valence-corrected chi connectivity index (χ1v) is 12.5. The van der Waals surface area contributed by atoms with Crippen LogP contribution in [0.15, 0.2) is 48.7 Å². The van der Waals surface area contributed by atoms with Crippen molar-refractivity contribution >= 4 is 12.0 Å². The van der Waals surface area contributed by atoms with E-state index in [1.165, 1.54) is 17.5 Å². The lowest BCUT2D eigenvalue weighted by Gasteiger charge is -2.61. The van der Waals surface area contributed by atoms with E-state index in [9.17, 15) is 9.59 Å². The number of amides is 2. The molecule has 4 saturated carbocycles. The van der Waals surface area contributed by atoms with Gasteiger partial charge in [0.05, 0.1) is 18.8 Å². The summed E-state index contributed by atoms with van der Waals surface area (Å²) in [4.78, 5) is 32.0. The van der Waals surface area contributed by atoms with Gasteiger partial charge in [0.1, 0.15) is 5.60 Å². The SMILES string of the molecule is O=C(NCc1ccccn1)OC12CC3CC(CC(NCC(=O)N4Cc5ccccc5C4)(C3)C1)C2. The molecule has 2 amide bonds. The largest absolute Gasteiger partial charge is 0.443 e. The molecule has 1 aromatic heterocycles. The monoisotopic (exact) mass is 460 g/mol. The molecule has 7 rings (SSSR count). The topological polar surface area (TPSA) is 83.6 Å². The second-order valence-corrected chi connectivity index (χ2v) is 10.9. The molecule has 0 spiro atoms. The van der Waals surface area contributed by atoms with Crippen molar-refractivity contribution < 1.29 is 14.3 Å². The predicted octanol–water partition coefficient (Wildman–Crippen LogP) is 3.53. The van der Waals surface area contributed by atoms with E-state index in [1.54, 1.807) is 6.20 Å². The number of pyridine rings is 1. The van der Waals surface area contributed by atoms with Crippen molar-refractivity contribution in [2.75, 3.05) is 6.54 Å². The molecular weight excluding hydrogens is 428 g/mol. The molecule has 7 heteroatoms. The summed E-state index contributed by atoms with van der Waals surface area (Å²) in [6.07, 6.45) is 7.35. The van der Waals surface area contributed by atoms with Gasteiger partial charge in [-0.05, 0) is 67.2 Å². The highest BCUT2D eigenvalue weighted by molar-refractivity contribution is 5.79. The molecule has 4 bridgehead atoms. The zero-order chi connectivity index (χ0) is 23.2. The molecule has 5 aliphatic rings. The Kier molecular flexibility index (Phi) is 5.32. The van der Waals surface area contributed by atoms with Crippen LogP contribution in [0.5, 0.6) is 0 Å². The van der Waals surface area contributed by atoms with Crippen LogP contribution in [0.3, 0.4) is 0 Å². The average molecular weight is 461 g/mol. The van der Waals surface area contributed by atoms with Gasteiger partial charge >= 0.3 is 6.09 Å². The van der Waals surface area contributed by atoms with Crippen LogP contribution < -0.4 is 10.6 Å². The lowest BCUT2D eigenvalue weighted by Crippen LogP contribution is -2.66. The molecule has 178 valence electrons. The van der Waals surface area contributed by atoms with Crippen LogP contribution >= 0.6 is 0 Å². The summed E-state index contributed by atoms with van der Waals surface area (Å²) in [6.45, 7) is 2.09. The maximum Gasteiger partial charge on any atom is 0.408 e. The van der Waals surface area contributed by atoms with Crippen LogP contribution in [0.4, 0.5) is 4.79 Å². The third-order valence-electron chi connectivity index (χ3n) is 8.26. The van der Waals surface area contributed by atoms with Crippen molar-refractivity contribution in [3.8, 4) is 0 Å². The molecule has 4 aliphatic carbocycles. The molecule has 2 heterocycles. The van der Waals surface area contributed by atoms with E-state index in [2.05, 4.69) is 27.8 Å². The Morgan fingerprint density at radius 3 is 2.38 bits per heavy atom. The Morgan fingerprint density at radius 2 is 1.71 bits per heavy atom. The predicted molar refractivity (Wildman–Crippen MR) is 126 cm³/mol. The van der Waals surface area contributed by atoms with Gasteiger partial charge in [-0.2, -0.15) is 0 Å². The van der Waals surface area contributed by atoms with Gasteiger partial charge in [-0.25, -0.2) is 4.79 Å². The smallest absolute Gasteiger partial charge is 0.408 e. The van der Waals surface area contributed by atoms with Gasteiger partial charge in [-0.3, -0.25) is 9.78 Å². The number of rotatable bonds is 6. The number of nitrogens with zero attached hydrogens (tertiary/aromatic N) is 2. The summed E-state index contributed by atoms with van der Waals surface area (Å²) in [5.74, 6) is 1.24. The fourth-order valence-electron chi connectivity index (χ4n) is 7.29. The van der Waals surface area contributed by atoms with E-state index >= 15 is 0 Å². The van der Waals surface area contributed by atoms with Gasteiger partial charge < -0.3 is 20.3 Å². The number of nitrogens with one attached hydrogen (secondary N) is 2. The summed E-state index contributed by atoms with van der Waals surface area (Å²) in [6, 6.07) is 13.9. The lowest BCUT2D eigenvalue weighted by atomic mass is 9.51. The Balaban J connectivity index is 1.08. The number of aromatic nitrogens is 1. The van der Waals surface area contributed by atoms with E-state index in [0.29, 0.717) is 38.0 Å². The highest BCUT2D eigenvalue weighted by atomic mass is 16.6. The molecule has 34 heavy (non-hydrogen) atoms. The van der Waals surface area contributed by atoms with E-state index in [1.807, 2.05) is 35.2 Å². The van der Waals surface area contributed by atoms with Gasteiger partial charge in [-0.15, -0.1) is 0 Å². The Morgan fingerprint density at radius 1 is 1.00 bits per heavy atom. The number of ether oxygens (including phenoxy) is 1. The summed E-state index contributed by atoms with van der Waals surface area (Å²) < 4.78 is 6.13. The van der Waals surface area contributed by atoms with Crippen LogP contribution in [0.1, 0.15) is 55.3 Å². The molecule has 4 fully saturated rings. The second-order valence-electron chi connectivity index (χ2n) is 10.9. The molecule has 1 aromatic carbocycles. The molecular formula is C27H32N4O3. The van der Waals surface area contributed by atoms with Crippen molar-refractivity contribution in [2.45, 2.75) is 69.3 Å². The minimum absolute atomic E-state index is 0.117. The van der Waals surface area contributed by atoms with Crippen molar-refractivity contribution in [2.24, 2.45) is 11.8 Å². The number of hydrogen-bond acceptors (Lipinski definition) is 5. The number of benzene rings is 1. The molecule has 0 saturated heterocycles. The van der Waals surface area contributed by atoms with Crippen molar-refractivity contribution in [3.63, 3.8) is 0 Å². The Labute approximate surface area is 200 Å². The lowest BCUT2D eigenvalue weighted by molar-refractivity contribution is -0.148. The fourth-order valence-corrected chi connectivity index (χ4v) is 7.29. The number of fused-ring (bicyclic) bond motifs is 1. The Hall–Kier alpha value is -2.93. The average Bonchev–Trinajstić information content (AvgIpc) is 3.25.